The molecule has 1 saturated heterocycles. The fourth-order valence-corrected chi connectivity index (χ4v) is 2.88. The summed E-state index contributed by atoms with van der Waals surface area (Å²) >= 11 is 0. The molecule has 1 N–H and O–H groups in total. The van der Waals surface area contributed by atoms with E-state index in [9.17, 15) is 0 Å². The summed E-state index contributed by atoms with van der Waals surface area (Å²) in [6.07, 6.45) is 3.89. The van der Waals surface area contributed by atoms with E-state index in [1.807, 2.05) is 6.07 Å². The molecule has 2 aliphatic heterocycles. The van der Waals surface area contributed by atoms with Gasteiger partial charge in [-0.3, -0.25) is 0 Å². The molecule has 0 saturated carbocycles. The first-order chi connectivity index (χ1) is 8.81. The molecule has 0 radical (unpaired) electrons. The summed E-state index contributed by atoms with van der Waals surface area (Å²) in [5, 5.41) is 3.67. The number of nitrogens with one attached hydrogen (secondary N) is 1. The third-order valence-corrected chi connectivity index (χ3v) is 4.07. The second-order valence-corrected chi connectivity index (χ2v) is 5.54. The molecule has 0 aromatic heterocycles. The molecule has 1 atom stereocenters. The summed E-state index contributed by atoms with van der Waals surface area (Å²) in [7, 11) is 2.20. The zero-order valence-corrected chi connectivity index (χ0v) is 11.1. The second kappa shape index (κ2) is 5.29. The Kier molecular flexibility index (Phi) is 3.52. The van der Waals surface area contributed by atoms with Crippen molar-refractivity contribution in [2.24, 2.45) is 0 Å². The van der Waals surface area contributed by atoms with Gasteiger partial charge in [-0.2, -0.15) is 0 Å². The molecular weight excluding hydrogens is 224 g/mol. The van der Waals surface area contributed by atoms with E-state index in [0.717, 1.165) is 18.7 Å². The first kappa shape index (κ1) is 12.0. The number of piperidine rings is 1. The largest absolute Gasteiger partial charge is 0.488 e. The van der Waals surface area contributed by atoms with Crippen molar-refractivity contribution >= 4 is 0 Å². The van der Waals surface area contributed by atoms with Gasteiger partial charge in [-0.05, 0) is 44.6 Å². The van der Waals surface area contributed by atoms with Gasteiger partial charge in [0, 0.05) is 19.0 Å². The molecule has 0 amide bonds. The average Bonchev–Trinajstić information content (AvgIpc) is 2.81. The minimum absolute atomic E-state index is 0.321. The standard InChI is InChI=1S/C15H22N2O/c1-17-8-6-13(7-9-17)16-11-14-10-12-4-2-3-5-15(12)18-14/h2-5,13-14,16H,6-11H2,1H3. The predicted molar refractivity (Wildman–Crippen MR) is 73.1 cm³/mol. The molecule has 1 aromatic carbocycles. The van der Waals surface area contributed by atoms with Gasteiger partial charge in [0.2, 0.25) is 0 Å². The van der Waals surface area contributed by atoms with Gasteiger partial charge < -0.3 is 15.0 Å². The SMILES string of the molecule is CN1CCC(NCC2Cc3ccccc3O2)CC1. The highest BCUT2D eigenvalue weighted by atomic mass is 16.5. The predicted octanol–water partition coefficient (Wildman–Crippen LogP) is 1.67. The van der Waals surface area contributed by atoms with Crippen LogP contribution in [0.1, 0.15) is 18.4 Å². The van der Waals surface area contributed by atoms with E-state index in [1.165, 1.54) is 31.5 Å². The summed E-state index contributed by atoms with van der Waals surface area (Å²) < 4.78 is 5.95. The Morgan fingerprint density at radius 2 is 2.06 bits per heavy atom. The minimum atomic E-state index is 0.321. The molecule has 0 spiro atoms. The lowest BCUT2D eigenvalue weighted by atomic mass is 10.0. The molecule has 3 heteroatoms. The number of nitrogens with zero attached hydrogens (tertiary/aromatic N) is 1. The maximum atomic E-state index is 5.95. The molecule has 2 heterocycles. The van der Waals surface area contributed by atoms with Crippen molar-refractivity contribution in [3.05, 3.63) is 29.8 Å². The maximum absolute atomic E-state index is 5.95. The van der Waals surface area contributed by atoms with Crippen molar-refractivity contribution < 1.29 is 4.74 Å². The summed E-state index contributed by atoms with van der Waals surface area (Å²) in [5.74, 6) is 1.08. The number of hydrogen-bond donors (Lipinski definition) is 1. The van der Waals surface area contributed by atoms with E-state index in [1.54, 1.807) is 0 Å². The van der Waals surface area contributed by atoms with Crippen molar-refractivity contribution in [1.82, 2.24) is 10.2 Å². The van der Waals surface area contributed by atoms with Gasteiger partial charge >= 0.3 is 0 Å². The van der Waals surface area contributed by atoms with Gasteiger partial charge in [0.05, 0.1) is 0 Å². The smallest absolute Gasteiger partial charge is 0.123 e. The summed E-state index contributed by atoms with van der Waals surface area (Å²) in [6, 6.07) is 9.06. The van der Waals surface area contributed by atoms with Crippen LogP contribution in [-0.4, -0.2) is 43.7 Å². The summed E-state index contributed by atoms with van der Waals surface area (Å²) in [6.45, 7) is 3.40. The zero-order valence-electron chi connectivity index (χ0n) is 11.1. The number of benzene rings is 1. The van der Waals surface area contributed by atoms with Crippen LogP contribution < -0.4 is 10.1 Å². The molecule has 2 aliphatic rings. The minimum Gasteiger partial charge on any atom is -0.488 e. The number of fused-ring (bicyclic) bond motifs is 1. The molecule has 98 valence electrons. The number of rotatable bonds is 3. The molecule has 1 aromatic rings. The van der Waals surface area contributed by atoms with Crippen molar-refractivity contribution in [2.45, 2.75) is 31.4 Å². The van der Waals surface area contributed by atoms with E-state index in [0.29, 0.717) is 12.1 Å². The number of para-hydroxylation sites is 1. The van der Waals surface area contributed by atoms with Crippen LogP contribution in [-0.2, 0) is 6.42 Å². The van der Waals surface area contributed by atoms with Crippen molar-refractivity contribution in [2.75, 3.05) is 26.7 Å². The van der Waals surface area contributed by atoms with Gasteiger partial charge in [0.15, 0.2) is 0 Å². The van der Waals surface area contributed by atoms with Crippen LogP contribution in [0.15, 0.2) is 24.3 Å². The Hall–Kier alpha value is -1.06. The van der Waals surface area contributed by atoms with E-state index in [2.05, 4.69) is 35.5 Å². The Morgan fingerprint density at radius 3 is 2.83 bits per heavy atom. The molecule has 0 aliphatic carbocycles. The third-order valence-electron chi connectivity index (χ3n) is 4.07. The van der Waals surface area contributed by atoms with Crippen molar-refractivity contribution in [3.8, 4) is 5.75 Å². The Bertz CT molecular complexity index is 374. The van der Waals surface area contributed by atoms with E-state index in [4.69, 9.17) is 4.74 Å². The summed E-state index contributed by atoms with van der Waals surface area (Å²) in [5.41, 5.74) is 1.35. The second-order valence-electron chi connectivity index (χ2n) is 5.54. The van der Waals surface area contributed by atoms with Crippen LogP contribution in [0.2, 0.25) is 0 Å². The molecular formula is C15H22N2O. The highest BCUT2D eigenvalue weighted by Crippen LogP contribution is 2.27. The van der Waals surface area contributed by atoms with Crippen LogP contribution >= 0.6 is 0 Å². The monoisotopic (exact) mass is 246 g/mol. The van der Waals surface area contributed by atoms with Gasteiger partial charge in [-0.15, -0.1) is 0 Å². The first-order valence-corrected chi connectivity index (χ1v) is 6.98. The third kappa shape index (κ3) is 2.68. The quantitative estimate of drug-likeness (QED) is 0.878. The van der Waals surface area contributed by atoms with E-state index < -0.39 is 0 Å². The lowest BCUT2D eigenvalue weighted by molar-refractivity contribution is 0.194. The van der Waals surface area contributed by atoms with E-state index >= 15 is 0 Å². The van der Waals surface area contributed by atoms with Crippen LogP contribution in [0.25, 0.3) is 0 Å². The van der Waals surface area contributed by atoms with Gasteiger partial charge in [-0.25, -0.2) is 0 Å². The maximum Gasteiger partial charge on any atom is 0.123 e. The van der Waals surface area contributed by atoms with Crippen LogP contribution in [0.4, 0.5) is 0 Å². The molecule has 1 unspecified atom stereocenters. The Balaban J connectivity index is 1.46. The number of ether oxygens (including phenoxy) is 1. The molecule has 3 nitrogen and oxygen atoms in total. The first-order valence-electron chi connectivity index (χ1n) is 6.98. The van der Waals surface area contributed by atoms with Gasteiger partial charge in [-0.1, -0.05) is 18.2 Å². The molecule has 3 rings (SSSR count). The fraction of sp³-hybridized carbons (Fsp3) is 0.600. The summed E-state index contributed by atoms with van der Waals surface area (Å²) in [4.78, 5) is 2.40. The fourth-order valence-electron chi connectivity index (χ4n) is 2.88. The van der Waals surface area contributed by atoms with Crippen LogP contribution in [0.5, 0.6) is 5.75 Å². The topological polar surface area (TPSA) is 24.5 Å². The number of hydrogen-bond acceptors (Lipinski definition) is 3. The average molecular weight is 246 g/mol. The van der Waals surface area contributed by atoms with Gasteiger partial charge in [0.1, 0.15) is 11.9 Å². The highest BCUT2D eigenvalue weighted by Gasteiger charge is 2.23. The highest BCUT2D eigenvalue weighted by molar-refractivity contribution is 5.37. The van der Waals surface area contributed by atoms with Crippen molar-refractivity contribution in [1.29, 1.82) is 0 Å². The zero-order chi connectivity index (χ0) is 12.4. The molecule has 18 heavy (non-hydrogen) atoms. The Morgan fingerprint density at radius 1 is 1.28 bits per heavy atom. The molecule has 0 bridgehead atoms. The number of likely N-dealkylation sites (tertiary alicyclic amines) is 1. The van der Waals surface area contributed by atoms with Gasteiger partial charge in [0.25, 0.3) is 0 Å². The van der Waals surface area contributed by atoms with E-state index in [-0.39, 0.29) is 0 Å². The lowest BCUT2D eigenvalue weighted by Gasteiger charge is -2.30. The molecule has 1 fully saturated rings. The normalized spacial score (nSPS) is 24.8. The van der Waals surface area contributed by atoms with Crippen LogP contribution in [0.3, 0.4) is 0 Å². The van der Waals surface area contributed by atoms with Crippen LogP contribution in [0, 0.1) is 0 Å². The Labute approximate surface area is 109 Å². The van der Waals surface area contributed by atoms with Crippen molar-refractivity contribution in [3.63, 3.8) is 0 Å². The lowest BCUT2D eigenvalue weighted by Crippen LogP contribution is -2.44.